The zero-order valence-electron chi connectivity index (χ0n) is 5.74. The van der Waals surface area contributed by atoms with E-state index in [2.05, 4.69) is 22.6 Å². The standard InChI is InChI=1S/C7H7FN2S/c8-7-9-4-6(5-10-7)2-1-3-11/h1-2,4-5,11H,3H2. The molecule has 1 aromatic heterocycles. The van der Waals surface area contributed by atoms with Gasteiger partial charge in [0.25, 0.3) is 0 Å². The molecular formula is C7H7FN2S. The quantitative estimate of drug-likeness (QED) is 0.538. The van der Waals surface area contributed by atoms with Crippen molar-refractivity contribution >= 4 is 18.7 Å². The molecule has 0 spiro atoms. The number of rotatable bonds is 2. The molecule has 0 fully saturated rings. The molecule has 0 aliphatic heterocycles. The second-order valence-electron chi connectivity index (χ2n) is 1.87. The topological polar surface area (TPSA) is 25.8 Å². The zero-order valence-corrected chi connectivity index (χ0v) is 6.63. The van der Waals surface area contributed by atoms with E-state index >= 15 is 0 Å². The maximum atomic E-state index is 12.1. The van der Waals surface area contributed by atoms with Crippen molar-refractivity contribution in [1.29, 1.82) is 0 Å². The third kappa shape index (κ3) is 2.67. The Balaban J connectivity index is 2.73. The Bertz CT molecular complexity index is 245. The number of hydrogen-bond acceptors (Lipinski definition) is 3. The molecule has 11 heavy (non-hydrogen) atoms. The number of nitrogens with zero attached hydrogens (tertiary/aromatic N) is 2. The highest BCUT2D eigenvalue weighted by Gasteiger charge is 1.89. The third-order valence-electron chi connectivity index (χ3n) is 1.06. The van der Waals surface area contributed by atoms with Crippen LogP contribution in [0.1, 0.15) is 5.56 Å². The lowest BCUT2D eigenvalue weighted by Crippen LogP contribution is -1.87. The summed E-state index contributed by atoms with van der Waals surface area (Å²) >= 11 is 3.97. The molecular weight excluding hydrogens is 163 g/mol. The van der Waals surface area contributed by atoms with Crippen LogP contribution in [0.5, 0.6) is 0 Å². The second-order valence-corrected chi connectivity index (χ2v) is 2.24. The predicted octanol–water partition coefficient (Wildman–Crippen LogP) is 1.56. The first-order valence-corrected chi connectivity index (χ1v) is 3.71. The minimum Gasteiger partial charge on any atom is -0.210 e. The van der Waals surface area contributed by atoms with Crippen molar-refractivity contribution in [2.75, 3.05) is 5.75 Å². The van der Waals surface area contributed by atoms with Crippen molar-refractivity contribution in [3.05, 3.63) is 30.1 Å². The van der Waals surface area contributed by atoms with Gasteiger partial charge in [-0.2, -0.15) is 17.0 Å². The molecule has 0 amide bonds. The van der Waals surface area contributed by atoms with Gasteiger partial charge >= 0.3 is 6.08 Å². The van der Waals surface area contributed by atoms with E-state index in [0.717, 1.165) is 5.56 Å². The van der Waals surface area contributed by atoms with Crippen molar-refractivity contribution in [3.8, 4) is 0 Å². The number of halogens is 1. The first kappa shape index (κ1) is 8.20. The van der Waals surface area contributed by atoms with Crippen molar-refractivity contribution in [3.63, 3.8) is 0 Å². The maximum Gasteiger partial charge on any atom is 0.308 e. The lowest BCUT2D eigenvalue weighted by Gasteiger charge is -1.89. The summed E-state index contributed by atoms with van der Waals surface area (Å²) in [6, 6.07) is 0. The first-order chi connectivity index (χ1) is 5.33. The van der Waals surface area contributed by atoms with Crippen LogP contribution in [0.25, 0.3) is 6.08 Å². The molecule has 0 aromatic carbocycles. The largest absolute Gasteiger partial charge is 0.308 e. The molecule has 0 saturated carbocycles. The normalized spacial score (nSPS) is 10.7. The highest BCUT2D eigenvalue weighted by atomic mass is 32.1. The van der Waals surface area contributed by atoms with E-state index in [1.165, 1.54) is 12.4 Å². The minimum atomic E-state index is -0.701. The zero-order chi connectivity index (χ0) is 8.10. The molecule has 1 heterocycles. The van der Waals surface area contributed by atoms with Gasteiger partial charge in [0.1, 0.15) is 0 Å². The predicted molar refractivity (Wildman–Crippen MR) is 44.9 cm³/mol. The van der Waals surface area contributed by atoms with Gasteiger partial charge in [-0.15, -0.1) is 0 Å². The molecule has 1 rings (SSSR count). The summed E-state index contributed by atoms with van der Waals surface area (Å²) in [5.74, 6) is 0.650. The summed E-state index contributed by atoms with van der Waals surface area (Å²) in [4.78, 5) is 6.76. The Morgan fingerprint density at radius 1 is 1.45 bits per heavy atom. The SMILES string of the molecule is Fc1ncc(C=CCS)cn1. The van der Waals surface area contributed by atoms with E-state index in [1.54, 1.807) is 6.08 Å². The molecule has 0 saturated heterocycles. The highest BCUT2D eigenvalue weighted by Crippen LogP contribution is 1.97. The summed E-state index contributed by atoms with van der Waals surface area (Å²) in [5, 5.41) is 0. The van der Waals surface area contributed by atoms with Gasteiger partial charge in [-0.1, -0.05) is 12.2 Å². The van der Waals surface area contributed by atoms with Gasteiger partial charge in [0.15, 0.2) is 0 Å². The molecule has 1 aromatic rings. The van der Waals surface area contributed by atoms with Gasteiger partial charge in [0, 0.05) is 23.7 Å². The van der Waals surface area contributed by atoms with E-state index in [-0.39, 0.29) is 0 Å². The summed E-state index contributed by atoms with van der Waals surface area (Å²) in [6.45, 7) is 0. The summed E-state index contributed by atoms with van der Waals surface area (Å²) in [6.07, 6.45) is 5.75. The van der Waals surface area contributed by atoms with E-state index in [1.807, 2.05) is 6.08 Å². The van der Waals surface area contributed by atoms with Crippen LogP contribution < -0.4 is 0 Å². The molecule has 58 valence electrons. The smallest absolute Gasteiger partial charge is 0.210 e. The van der Waals surface area contributed by atoms with E-state index < -0.39 is 6.08 Å². The Morgan fingerprint density at radius 2 is 2.09 bits per heavy atom. The fraction of sp³-hybridized carbons (Fsp3) is 0.143. The number of aromatic nitrogens is 2. The molecule has 0 radical (unpaired) electrons. The summed E-state index contributed by atoms with van der Waals surface area (Å²) < 4.78 is 12.1. The Labute approximate surface area is 69.6 Å². The average molecular weight is 170 g/mol. The van der Waals surface area contributed by atoms with Crippen LogP contribution >= 0.6 is 12.6 Å². The first-order valence-electron chi connectivity index (χ1n) is 3.08. The van der Waals surface area contributed by atoms with E-state index in [0.29, 0.717) is 5.75 Å². The lowest BCUT2D eigenvalue weighted by atomic mass is 10.3. The molecule has 0 unspecified atom stereocenters. The van der Waals surface area contributed by atoms with Crippen molar-refractivity contribution in [2.45, 2.75) is 0 Å². The Kier molecular flexibility index (Phi) is 3.04. The summed E-state index contributed by atoms with van der Waals surface area (Å²) in [5.41, 5.74) is 0.778. The third-order valence-corrected chi connectivity index (χ3v) is 1.27. The van der Waals surface area contributed by atoms with Crippen LogP contribution in [0, 0.1) is 6.08 Å². The molecule has 0 aliphatic carbocycles. The molecule has 0 aliphatic rings. The van der Waals surface area contributed by atoms with Crippen molar-refractivity contribution < 1.29 is 4.39 Å². The number of hydrogen-bond donors (Lipinski definition) is 1. The van der Waals surface area contributed by atoms with Crippen LogP contribution in [-0.2, 0) is 0 Å². The van der Waals surface area contributed by atoms with Gasteiger partial charge in [-0.3, -0.25) is 0 Å². The molecule has 2 nitrogen and oxygen atoms in total. The fourth-order valence-corrected chi connectivity index (χ4v) is 0.703. The van der Waals surface area contributed by atoms with Gasteiger partial charge in [0.2, 0.25) is 0 Å². The van der Waals surface area contributed by atoms with E-state index in [9.17, 15) is 4.39 Å². The minimum absolute atomic E-state index is 0.650. The molecule has 0 atom stereocenters. The molecule has 4 heteroatoms. The van der Waals surface area contributed by atoms with E-state index in [4.69, 9.17) is 0 Å². The van der Waals surface area contributed by atoms with Crippen LogP contribution in [0.4, 0.5) is 4.39 Å². The Morgan fingerprint density at radius 3 is 2.64 bits per heavy atom. The van der Waals surface area contributed by atoms with Crippen LogP contribution in [0.2, 0.25) is 0 Å². The van der Waals surface area contributed by atoms with Gasteiger partial charge in [0.05, 0.1) is 0 Å². The molecule has 0 N–H and O–H groups in total. The number of thiol groups is 1. The van der Waals surface area contributed by atoms with Gasteiger partial charge in [-0.25, -0.2) is 9.97 Å². The highest BCUT2D eigenvalue weighted by molar-refractivity contribution is 7.80. The second kappa shape index (κ2) is 4.08. The average Bonchev–Trinajstić information content (AvgIpc) is 2.04. The lowest BCUT2D eigenvalue weighted by molar-refractivity contribution is 0.538. The maximum absolute atomic E-state index is 12.1. The van der Waals surface area contributed by atoms with Crippen LogP contribution in [0.15, 0.2) is 18.5 Å². The monoisotopic (exact) mass is 170 g/mol. The van der Waals surface area contributed by atoms with Crippen LogP contribution in [-0.4, -0.2) is 15.7 Å². The van der Waals surface area contributed by atoms with Gasteiger partial charge < -0.3 is 0 Å². The van der Waals surface area contributed by atoms with Crippen molar-refractivity contribution in [2.24, 2.45) is 0 Å². The fourth-order valence-electron chi connectivity index (χ4n) is 0.597. The van der Waals surface area contributed by atoms with Crippen LogP contribution in [0.3, 0.4) is 0 Å². The molecule has 0 bridgehead atoms. The van der Waals surface area contributed by atoms with Gasteiger partial charge in [-0.05, 0) is 0 Å². The Hall–Kier alpha value is -0.900. The summed E-state index contributed by atoms with van der Waals surface area (Å²) in [7, 11) is 0. The van der Waals surface area contributed by atoms with Crippen molar-refractivity contribution in [1.82, 2.24) is 9.97 Å².